The van der Waals surface area contributed by atoms with Crippen LogP contribution in [0.5, 0.6) is 0 Å². The van der Waals surface area contributed by atoms with Crippen molar-refractivity contribution in [3.05, 3.63) is 35.9 Å². The van der Waals surface area contributed by atoms with Gasteiger partial charge in [-0.25, -0.2) is 0 Å². The fraction of sp³-hybridized carbons (Fsp3) is 0.727. The lowest BCUT2D eigenvalue weighted by atomic mass is 9.76. The Balaban J connectivity index is 1.63. The van der Waals surface area contributed by atoms with Crippen LogP contribution in [0, 0.1) is 0 Å². The summed E-state index contributed by atoms with van der Waals surface area (Å²) in [6.45, 7) is 1.80. The van der Waals surface area contributed by atoms with Gasteiger partial charge in [0.2, 0.25) is 12.1 Å². The summed E-state index contributed by atoms with van der Waals surface area (Å²) in [5.74, 6) is -2.16. The third-order valence-electron chi connectivity index (χ3n) is 7.02. The normalized spacial score (nSPS) is 47.5. The second-order valence-electron chi connectivity index (χ2n) is 8.99. The van der Waals surface area contributed by atoms with Crippen LogP contribution >= 0.6 is 0 Å². The van der Waals surface area contributed by atoms with Crippen LogP contribution in [0.15, 0.2) is 30.3 Å². The largest absolute Gasteiger partial charge is 0.390 e. The van der Waals surface area contributed by atoms with Gasteiger partial charge in [-0.2, -0.15) is 0 Å². The zero-order valence-corrected chi connectivity index (χ0v) is 18.1. The molecular weight excluding hydrogens is 404 g/mol. The van der Waals surface area contributed by atoms with Gasteiger partial charge < -0.3 is 45.3 Å². The average Bonchev–Trinajstić information content (AvgIpc) is 2.74. The van der Waals surface area contributed by atoms with E-state index in [0.717, 1.165) is 5.56 Å². The molecule has 0 aromatic heterocycles. The maximum absolute atomic E-state index is 11.6. The number of hydrogen-bond donors (Lipinski definition) is 6. The Bertz CT molecular complexity index is 755. The molecule has 4 rings (SSSR count). The van der Waals surface area contributed by atoms with Gasteiger partial charge in [0, 0.05) is 6.42 Å². The number of fused-ring (bicyclic) bond motifs is 2. The van der Waals surface area contributed by atoms with Gasteiger partial charge in [-0.1, -0.05) is 30.3 Å². The predicted octanol–water partition coefficient (Wildman–Crippen LogP) is -1.13. The first-order valence-corrected chi connectivity index (χ1v) is 10.9. The van der Waals surface area contributed by atoms with E-state index in [4.69, 9.17) is 14.2 Å². The highest BCUT2D eigenvalue weighted by molar-refractivity contribution is 5.17. The van der Waals surface area contributed by atoms with Gasteiger partial charge in [0.1, 0.15) is 23.9 Å². The molecule has 174 valence electrons. The smallest absolute Gasteiger partial charge is 0.248 e. The van der Waals surface area contributed by atoms with E-state index in [2.05, 4.69) is 10.6 Å². The van der Waals surface area contributed by atoms with Gasteiger partial charge in [-0.15, -0.1) is 0 Å². The SMILES string of the molecule is CN[C@@H]1[C@H](O)[C@H](NC)C2O[C@]3(O)C(OC2[C@H]1O)O[C@H](C)C[C@@]3(O)CCc1ccccc1. The standard InChI is InChI=1S/C22H34N2O7/c1-12-11-21(27,10-9-13-7-5-4-6-8-13)22(28)20(29-12)30-19-17(26)14(23-2)16(25)15(24-3)18(19)31-22/h4-8,12,14-20,23-28H,9-11H2,1-3H3/t12-,14-,15+,16+,17+,18?,19?,20?,21+,22-/m1/s1. The maximum atomic E-state index is 11.6. The molecule has 10 atom stereocenters. The molecule has 3 aliphatic rings. The number of aryl methyl sites for hydroxylation is 1. The number of nitrogens with one attached hydrogen (secondary N) is 2. The van der Waals surface area contributed by atoms with Crippen molar-refractivity contribution >= 4 is 0 Å². The molecule has 1 aromatic carbocycles. The molecule has 3 unspecified atom stereocenters. The third kappa shape index (κ3) is 3.82. The second-order valence-corrected chi connectivity index (χ2v) is 8.99. The fourth-order valence-electron chi connectivity index (χ4n) is 5.31. The fourth-order valence-corrected chi connectivity index (χ4v) is 5.31. The van der Waals surface area contributed by atoms with Crippen LogP contribution in [-0.2, 0) is 20.6 Å². The summed E-state index contributed by atoms with van der Waals surface area (Å²) in [5.41, 5.74) is -0.622. The number of likely N-dealkylation sites (N-methyl/N-ethyl adjacent to an activating group) is 2. The summed E-state index contributed by atoms with van der Waals surface area (Å²) in [7, 11) is 3.31. The quantitative estimate of drug-likeness (QED) is 0.338. The molecule has 9 heteroatoms. The minimum atomic E-state index is -2.16. The Kier molecular flexibility index (Phi) is 6.43. The zero-order valence-electron chi connectivity index (χ0n) is 18.1. The number of benzene rings is 1. The summed E-state index contributed by atoms with van der Waals surface area (Å²) in [5, 5.41) is 50.8. The Morgan fingerprint density at radius 3 is 2.29 bits per heavy atom. The summed E-state index contributed by atoms with van der Waals surface area (Å²) in [4.78, 5) is 0. The summed E-state index contributed by atoms with van der Waals surface area (Å²) in [6, 6.07) is 8.39. The van der Waals surface area contributed by atoms with E-state index in [9.17, 15) is 20.4 Å². The summed E-state index contributed by atoms with van der Waals surface area (Å²) in [6.07, 6.45) is -4.63. The monoisotopic (exact) mass is 438 g/mol. The first kappa shape index (κ1) is 23.0. The van der Waals surface area contributed by atoms with E-state index in [0.29, 0.717) is 6.42 Å². The Hall–Kier alpha value is -1.14. The molecule has 0 amide bonds. The number of rotatable bonds is 5. The van der Waals surface area contributed by atoms with Crippen molar-refractivity contribution in [2.75, 3.05) is 14.1 Å². The zero-order chi connectivity index (χ0) is 22.4. The van der Waals surface area contributed by atoms with Gasteiger partial charge >= 0.3 is 0 Å². The molecular formula is C22H34N2O7. The number of ether oxygens (including phenoxy) is 3. The minimum absolute atomic E-state index is 0.155. The lowest BCUT2D eigenvalue weighted by Gasteiger charge is -2.60. The van der Waals surface area contributed by atoms with Gasteiger partial charge in [-0.05, 0) is 39.4 Å². The van der Waals surface area contributed by atoms with Crippen molar-refractivity contribution in [3.8, 4) is 0 Å². The first-order valence-electron chi connectivity index (χ1n) is 10.9. The summed E-state index contributed by atoms with van der Waals surface area (Å²) >= 11 is 0. The molecule has 0 bridgehead atoms. The van der Waals surface area contributed by atoms with Crippen molar-refractivity contribution in [1.82, 2.24) is 10.6 Å². The number of aliphatic hydroxyl groups excluding tert-OH is 2. The van der Waals surface area contributed by atoms with E-state index in [1.807, 2.05) is 30.3 Å². The van der Waals surface area contributed by atoms with E-state index in [1.54, 1.807) is 21.0 Å². The van der Waals surface area contributed by atoms with E-state index < -0.39 is 60.3 Å². The highest BCUT2D eigenvalue weighted by Crippen LogP contribution is 2.48. The second kappa shape index (κ2) is 8.66. The first-order chi connectivity index (χ1) is 14.7. The van der Waals surface area contributed by atoms with Crippen LogP contribution in [-0.4, -0.2) is 94.8 Å². The Labute approximate surface area is 182 Å². The van der Waals surface area contributed by atoms with Crippen LogP contribution in [0.3, 0.4) is 0 Å². The van der Waals surface area contributed by atoms with Crippen molar-refractivity contribution in [3.63, 3.8) is 0 Å². The summed E-state index contributed by atoms with van der Waals surface area (Å²) < 4.78 is 18.0. The lowest BCUT2D eigenvalue weighted by Crippen LogP contribution is -2.80. The molecule has 3 fully saturated rings. The molecule has 1 aromatic rings. The van der Waals surface area contributed by atoms with Crippen LogP contribution in [0.25, 0.3) is 0 Å². The maximum Gasteiger partial charge on any atom is 0.248 e. The molecule has 2 aliphatic heterocycles. The molecule has 31 heavy (non-hydrogen) atoms. The van der Waals surface area contributed by atoms with E-state index >= 15 is 0 Å². The van der Waals surface area contributed by atoms with Gasteiger partial charge in [0.25, 0.3) is 0 Å². The topological polar surface area (TPSA) is 133 Å². The minimum Gasteiger partial charge on any atom is -0.390 e. The van der Waals surface area contributed by atoms with Crippen molar-refractivity contribution in [2.45, 2.75) is 86.5 Å². The molecule has 9 nitrogen and oxygen atoms in total. The van der Waals surface area contributed by atoms with Crippen LogP contribution in [0.2, 0.25) is 0 Å². The Morgan fingerprint density at radius 2 is 1.65 bits per heavy atom. The molecule has 6 N–H and O–H groups in total. The van der Waals surface area contributed by atoms with E-state index in [1.165, 1.54) is 0 Å². The van der Waals surface area contributed by atoms with Crippen LogP contribution in [0.4, 0.5) is 0 Å². The average molecular weight is 439 g/mol. The van der Waals surface area contributed by atoms with E-state index in [-0.39, 0.29) is 12.8 Å². The van der Waals surface area contributed by atoms with Crippen molar-refractivity contribution in [1.29, 1.82) is 0 Å². The van der Waals surface area contributed by atoms with Gasteiger partial charge in [0.15, 0.2) is 0 Å². The predicted molar refractivity (Wildman–Crippen MR) is 111 cm³/mol. The number of aliphatic hydroxyl groups is 4. The molecule has 0 radical (unpaired) electrons. The molecule has 1 saturated carbocycles. The van der Waals surface area contributed by atoms with Crippen molar-refractivity contribution in [2.24, 2.45) is 0 Å². The molecule has 1 aliphatic carbocycles. The number of hydrogen-bond acceptors (Lipinski definition) is 9. The van der Waals surface area contributed by atoms with Crippen LogP contribution in [0.1, 0.15) is 25.3 Å². The molecule has 0 spiro atoms. The van der Waals surface area contributed by atoms with Crippen LogP contribution < -0.4 is 10.6 Å². The third-order valence-corrected chi connectivity index (χ3v) is 7.02. The van der Waals surface area contributed by atoms with Crippen molar-refractivity contribution < 1.29 is 34.6 Å². The Morgan fingerprint density at radius 1 is 0.968 bits per heavy atom. The lowest BCUT2D eigenvalue weighted by molar-refractivity contribution is -0.483. The highest BCUT2D eigenvalue weighted by Gasteiger charge is 2.68. The van der Waals surface area contributed by atoms with Gasteiger partial charge in [0.05, 0.1) is 24.3 Å². The van der Waals surface area contributed by atoms with Gasteiger partial charge in [-0.3, -0.25) is 0 Å². The molecule has 2 saturated heterocycles. The molecule has 2 heterocycles. The highest BCUT2D eigenvalue weighted by atomic mass is 16.8.